The maximum absolute atomic E-state index is 15.0. The summed E-state index contributed by atoms with van der Waals surface area (Å²) in [5.74, 6) is 1.21. The summed E-state index contributed by atoms with van der Waals surface area (Å²) in [6.07, 6.45) is 9.14. The van der Waals surface area contributed by atoms with Crippen molar-refractivity contribution in [3.05, 3.63) is 71.6 Å². The minimum absolute atomic E-state index is 0.0142. The summed E-state index contributed by atoms with van der Waals surface area (Å²) in [7, 11) is 3.16. The number of hydrogen-bond acceptors (Lipinski definition) is 7. The second-order valence-corrected chi connectivity index (χ2v) is 15.2. The van der Waals surface area contributed by atoms with Gasteiger partial charge < -0.3 is 38.7 Å². The molecule has 0 bridgehead atoms. The molecular formula is C42H50N4O7. The van der Waals surface area contributed by atoms with E-state index in [9.17, 15) is 14.4 Å². The maximum Gasteiger partial charge on any atom is 0.228 e. The van der Waals surface area contributed by atoms with Crippen molar-refractivity contribution in [3.63, 3.8) is 0 Å². The van der Waals surface area contributed by atoms with E-state index in [4.69, 9.17) is 18.6 Å². The van der Waals surface area contributed by atoms with Gasteiger partial charge in [0.05, 0.1) is 45.2 Å². The van der Waals surface area contributed by atoms with Gasteiger partial charge in [-0.3, -0.25) is 14.4 Å². The molecule has 5 heterocycles. The van der Waals surface area contributed by atoms with E-state index in [-0.39, 0.29) is 30.7 Å². The lowest BCUT2D eigenvalue weighted by atomic mass is 9.64. The summed E-state index contributed by atoms with van der Waals surface area (Å²) in [5, 5.41) is 4.15. The Labute approximate surface area is 310 Å². The van der Waals surface area contributed by atoms with Crippen LogP contribution in [0.1, 0.15) is 68.2 Å². The first-order valence-corrected chi connectivity index (χ1v) is 19.2. The zero-order valence-corrected chi connectivity index (χ0v) is 30.8. The van der Waals surface area contributed by atoms with E-state index in [0.29, 0.717) is 69.5 Å². The molecule has 0 radical (unpaired) electrons. The molecular weight excluding hydrogens is 672 g/mol. The van der Waals surface area contributed by atoms with Gasteiger partial charge in [-0.1, -0.05) is 43.9 Å². The Morgan fingerprint density at radius 1 is 1.00 bits per heavy atom. The maximum atomic E-state index is 15.0. The topological polar surface area (TPSA) is 126 Å². The van der Waals surface area contributed by atoms with E-state index < -0.39 is 17.4 Å². The molecule has 53 heavy (non-hydrogen) atoms. The zero-order chi connectivity index (χ0) is 36.5. The number of aromatic amines is 1. The predicted octanol–water partition coefficient (Wildman–Crippen LogP) is 6.20. The van der Waals surface area contributed by atoms with Gasteiger partial charge >= 0.3 is 0 Å². The van der Waals surface area contributed by atoms with Gasteiger partial charge in [0.25, 0.3) is 0 Å². The lowest BCUT2D eigenvalue weighted by Crippen LogP contribution is -2.66. The molecule has 3 aliphatic heterocycles. The highest BCUT2D eigenvalue weighted by Gasteiger charge is 2.59. The molecule has 1 saturated carbocycles. The molecule has 8 rings (SSSR count). The van der Waals surface area contributed by atoms with Gasteiger partial charge in [0.15, 0.2) is 11.5 Å². The van der Waals surface area contributed by atoms with Gasteiger partial charge in [0.1, 0.15) is 5.76 Å². The number of benzene rings is 2. The monoisotopic (exact) mass is 722 g/mol. The van der Waals surface area contributed by atoms with Crippen LogP contribution in [0.15, 0.2) is 59.2 Å². The van der Waals surface area contributed by atoms with Crippen LogP contribution in [-0.4, -0.2) is 79.6 Å². The van der Waals surface area contributed by atoms with Gasteiger partial charge in [0.2, 0.25) is 17.7 Å². The van der Waals surface area contributed by atoms with Crippen LogP contribution >= 0.6 is 0 Å². The molecule has 3 fully saturated rings. The Kier molecular flexibility index (Phi) is 9.93. The van der Waals surface area contributed by atoms with Gasteiger partial charge in [-0.2, -0.15) is 0 Å². The number of piperidine rings is 1. The molecule has 2 aromatic carbocycles. The molecule has 3 amide bonds. The smallest absolute Gasteiger partial charge is 0.228 e. The fourth-order valence-electron chi connectivity index (χ4n) is 9.63. The van der Waals surface area contributed by atoms with Crippen molar-refractivity contribution in [2.45, 2.75) is 69.9 Å². The highest BCUT2D eigenvalue weighted by molar-refractivity contribution is 5.94. The number of H-pyrrole nitrogens is 1. The van der Waals surface area contributed by atoms with E-state index in [1.54, 1.807) is 20.5 Å². The van der Waals surface area contributed by atoms with Gasteiger partial charge in [-0.15, -0.1) is 0 Å². The van der Waals surface area contributed by atoms with Crippen molar-refractivity contribution in [2.24, 2.45) is 17.8 Å². The van der Waals surface area contributed by atoms with Crippen molar-refractivity contribution in [1.29, 1.82) is 0 Å². The van der Waals surface area contributed by atoms with Gasteiger partial charge in [-0.25, -0.2) is 0 Å². The van der Waals surface area contributed by atoms with Crippen LogP contribution in [0.25, 0.3) is 22.2 Å². The number of furan rings is 1. The number of rotatable bonds is 11. The number of carbonyl (C=O) groups excluding carboxylic acids is 3. The van der Waals surface area contributed by atoms with Crippen LogP contribution in [0.2, 0.25) is 0 Å². The third kappa shape index (κ3) is 6.57. The lowest BCUT2D eigenvalue weighted by molar-refractivity contribution is -0.169. The molecule has 2 saturated heterocycles. The molecule has 0 spiro atoms. The summed E-state index contributed by atoms with van der Waals surface area (Å²) in [6.45, 7) is 2.80. The molecule has 1 aliphatic carbocycles. The van der Waals surface area contributed by atoms with Crippen molar-refractivity contribution in [3.8, 4) is 22.8 Å². The number of nitrogens with zero attached hydrogens (tertiary/aromatic N) is 2. The lowest BCUT2D eigenvalue weighted by Gasteiger charge is -2.56. The summed E-state index contributed by atoms with van der Waals surface area (Å²) >= 11 is 0. The summed E-state index contributed by atoms with van der Waals surface area (Å²) < 4.78 is 22.2. The van der Waals surface area contributed by atoms with Gasteiger partial charge in [-0.05, 0) is 73.1 Å². The third-order valence-corrected chi connectivity index (χ3v) is 12.3. The highest BCUT2D eigenvalue weighted by atomic mass is 16.5. The number of carbonyl (C=O) groups is 3. The first-order valence-electron chi connectivity index (χ1n) is 19.2. The molecule has 0 unspecified atom stereocenters. The largest absolute Gasteiger partial charge is 0.493 e. The molecule has 280 valence electrons. The summed E-state index contributed by atoms with van der Waals surface area (Å²) in [4.78, 5) is 51.2. The quantitative estimate of drug-likeness (QED) is 0.189. The Hall–Kier alpha value is -4.77. The number of methoxy groups -OCH3 is 2. The molecule has 2 N–H and O–H groups in total. The fraction of sp³-hybridized carbons (Fsp3) is 0.500. The summed E-state index contributed by atoms with van der Waals surface area (Å²) in [5.41, 5.74) is 4.14. The summed E-state index contributed by atoms with van der Waals surface area (Å²) in [6, 6.07) is 15.7. The van der Waals surface area contributed by atoms with E-state index in [0.717, 1.165) is 39.9 Å². The van der Waals surface area contributed by atoms with E-state index in [1.165, 1.54) is 31.2 Å². The minimum Gasteiger partial charge on any atom is -0.493 e. The number of hydrogen-bond donors (Lipinski definition) is 2. The number of fused-ring (bicyclic) bond motifs is 5. The molecule has 4 aliphatic rings. The van der Waals surface area contributed by atoms with E-state index >= 15 is 0 Å². The van der Waals surface area contributed by atoms with E-state index in [1.807, 2.05) is 40.1 Å². The Bertz CT molecular complexity index is 1960. The van der Waals surface area contributed by atoms with Crippen molar-refractivity contribution < 1.29 is 33.0 Å². The van der Waals surface area contributed by atoms with Crippen LogP contribution < -0.4 is 14.8 Å². The molecule has 3 atom stereocenters. The SMILES string of the molecule is COc1ccc(CNC(=O)C[C@H]2C[C@H](C(=O)N3CCOCC3)[C@@]3(CCC4CCCC4)c4[nH]c5cc(-c6ccco6)ccc5c4CCN3C2=O)cc1OC. The minimum atomic E-state index is -0.848. The van der Waals surface area contributed by atoms with E-state index in [2.05, 4.69) is 28.5 Å². The Morgan fingerprint density at radius 3 is 2.57 bits per heavy atom. The van der Waals surface area contributed by atoms with Crippen LogP contribution in [0, 0.1) is 17.8 Å². The van der Waals surface area contributed by atoms with Crippen LogP contribution in [0.5, 0.6) is 11.5 Å². The first kappa shape index (κ1) is 35.3. The number of aromatic nitrogens is 1. The standard InChI is InChI=1S/C42H50N4O7/c1-50-36-12-9-28(22-37(36)51-2)26-43-38(47)25-30-23-33(41(49)45-17-20-52-21-18-45)42(15-13-27-6-3-4-7-27)39-32(14-16-46(42)40(30)48)31-11-10-29(24-34(31)44-39)35-8-5-19-53-35/h5,8-12,19,22,24,27,30,33,44H,3-4,6-7,13-18,20-21,23,25-26H2,1-2H3,(H,43,47)/t30-,33-,42+/m1/s1. The average molecular weight is 723 g/mol. The van der Waals surface area contributed by atoms with Gasteiger partial charge in [0, 0.05) is 60.7 Å². The highest BCUT2D eigenvalue weighted by Crippen LogP contribution is 2.54. The number of ether oxygens (including phenoxy) is 3. The number of amides is 3. The Balaban J connectivity index is 1.15. The fourth-order valence-corrected chi connectivity index (χ4v) is 9.63. The van der Waals surface area contributed by atoms with Crippen molar-refractivity contribution >= 4 is 28.6 Å². The number of morpholine rings is 1. The predicted molar refractivity (Wildman–Crippen MR) is 199 cm³/mol. The number of nitrogens with one attached hydrogen (secondary N) is 2. The molecule has 4 aromatic rings. The van der Waals surface area contributed by atoms with Crippen molar-refractivity contribution in [2.75, 3.05) is 47.1 Å². The zero-order valence-electron chi connectivity index (χ0n) is 30.8. The van der Waals surface area contributed by atoms with Crippen LogP contribution in [0.3, 0.4) is 0 Å². The molecule has 11 nitrogen and oxygen atoms in total. The third-order valence-electron chi connectivity index (χ3n) is 12.3. The molecule has 2 aromatic heterocycles. The second kappa shape index (κ2) is 14.9. The van der Waals surface area contributed by atoms with Crippen LogP contribution in [0.4, 0.5) is 0 Å². The van der Waals surface area contributed by atoms with Crippen LogP contribution in [-0.2, 0) is 37.6 Å². The Morgan fingerprint density at radius 2 is 1.81 bits per heavy atom. The molecule has 11 heteroatoms. The second-order valence-electron chi connectivity index (χ2n) is 15.2. The average Bonchev–Trinajstić information content (AvgIpc) is 3.99. The van der Waals surface area contributed by atoms with Crippen molar-refractivity contribution in [1.82, 2.24) is 20.1 Å². The first-order chi connectivity index (χ1) is 25.9. The normalized spacial score (nSPS) is 23.2.